The standard InChI is InChI=1S/C7H11NO/c1-5-3-7(9)8-4-6(5)2/h3-4H2,1-2H3,(H,8,9). The first-order chi connectivity index (χ1) is 4.20. The van der Waals surface area contributed by atoms with Crippen molar-refractivity contribution < 1.29 is 4.79 Å². The second-order valence-corrected chi connectivity index (χ2v) is 2.51. The van der Waals surface area contributed by atoms with Crippen LogP contribution in [0.4, 0.5) is 0 Å². The molecule has 1 N–H and O–H groups in total. The maximum Gasteiger partial charge on any atom is 0.224 e. The molecule has 0 radical (unpaired) electrons. The van der Waals surface area contributed by atoms with Crippen molar-refractivity contribution in [2.75, 3.05) is 6.54 Å². The summed E-state index contributed by atoms with van der Waals surface area (Å²) in [6.45, 7) is 4.80. The second kappa shape index (κ2) is 2.21. The average molecular weight is 125 g/mol. The Bertz CT molecular complexity index is 170. The van der Waals surface area contributed by atoms with Gasteiger partial charge in [0.15, 0.2) is 0 Å². The molecule has 1 aliphatic rings. The number of rotatable bonds is 0. The number of hydrogen-bond donors (Lipinski definition) is 1. The van der Waals surface area contributed by atoms with Crippen LogP contribution in [0.25, 0.3) is 0 Å². The van der Waals surface area contributed by atoms with E-state index in [-0.39, 0.29) is 5.91 Å². The molecule has 0 fully saturated rings. The van der Waals surface area contributed by atoms with Gasteiger partial charge in [-0.3, -0.25) is 4.79 Å². The van der Waals surface area contributed by atoms with Crippen molar-refractivity contribution in [2.24, 2.45) is 0 Å². The summed E-state index contributed by atoms with van der Waals surface area (Å²) < 4.78 is 0. The van der Waals surface area contributed by atoms with Gasteiger partial charge in [-0.25, -0.2) is 0 Å². The zero-order chi connectivity index (χ0) is 6.85. The van der Waals surface area contributed by atoms with Crippen molar-refractivity contribution in [3.8, 4) is 0 Å². The molecule has 0 unspecified atom stereocenters. The van der Waals surface area contributed by atoms with Gasteiger partial charge in [-0.05, 0) is 13.8 Å². The Labute approximate surface area is 54.9 Å². The molecule has 0 saturated heterocycles. The van der Waals surface area contributed by atoms with Gasteiger partial charge < -0.3 is 5.32 Å². The smallest absolute Gasteiger partial charge is 0.224 e. The zero-order valence-corrected chi connectivity index (χ0v) is 5.82. The van der Waals surface area contributed by atoms with Gasteiger partial charge in [-0.15, -0.1) is 0 Å². The first-order valence-electron chi connectivity index (χ1n) is 3.12. The fourth-order valence-electron chi connectivity index (χ4n) is 0.836. The molecule has 2 heteroatoms. The van der Waals surface area contributed by atoms with E-state index in [4.69, 9.17) is 0 Å². The van der Waals surface area contributed by atoms with Crippen LogP contribution in [0.5, 0.6) is 0 Å². The van der Waals surface area contributed by atoms with Crippen molar-refractivity contribution >= 4 is 5.91 Å². The summed E-state index contributed by atoms with van der Waals surface area (Å²) >= 11 is 0. The Morgan fingerprint density at radius 2 is 2.00 bits per heavy atom. The molecule has 0 bridgehead atoms. The molecule has 0 saturated carbocycles. The Morgan fingerprint density at radius 3 is 2.44 bits per heavy atom. The van der Waals surface area contributed by atoms with Crippen LogP contribution in [0.1, 0.15) is 20.3 Å². The third-order valence-electron chi connectivity index (χ3n) is 1.70. The van der Waals surface area contributed by atoms with Gasteiger partial charge in [0.2, 0.25) is 5.91 Å². The summed E-state index contributed by atoms with van der Waals surface area (Å²) in [5, 5.41) is 2.77. The first-order valence-corrected chi connectivity index (χ1v) is 3.12. The molecule has 0 aromatic heterocycles. The average Bonchev–Trinajstić information content (AvgIpc) is 1.80. The first kappa shape index (κ1) is 6.33. The van der Waals surface area contributed by atoms with Crippen LogP contribution in [-0.2, 0) is 4.79 Å². The van der Waals surface area contributed by atoms with Crippen molar-refractivity contribution in [3.05, 3.63) is 11.1 Å². The van der Waals surface area contributed by atoms with Crippen LogP contribution in [0.2, 0.25) is 0 Å². The van der Waals surface area contributed by atoms with Crippen LogP contribution in [-0.4, -0.2) is 12.5 Å². The predicted molar refractivity (Wildman–Crippen MR) is 36.0 cm³/mol. The van der Waals surface area contributed by atoms with Gasteiger partial charge >= 0.3 is 0 Å². The van der Waals surface area contributed by atoms with Crippen molar-refractivity contribution in [3.63, 3.8) is 0 Å². The number of carbonyl (C=O) groups excluding carboxylic acids is 1. The molecule has 2 nitrogen and oxygen atoms in total. The molecule has 1 rings (SSSR count). The topological polar surface area (TPSA) is 29.1 Å². The molecule has 0 aliphatic carbocycles. The third-order valence-corrected chi connectivity index (χ3v) is 1.70. The van der Waals surface area contributed by atoms with Gasteiger partial charge in [-0.1, -0.05) is 11.1 Å². The highest BCUT2D eigenvalue weighted by molar-refractivity contribution is 5.80. The minimum Gasteiger partial charge on any atom is -0.352 e. The highest BCUT2D eigenvalue weighted by Gasteiger charge is 2.09. The predicted octanol–water partition coefficient (Wildman–Crippen LogP) is 0.843. The van der Waals surface area contributed by atoms with E-state index < -0.39 is 0 Å². The van der Waals surface area contributed by atoms with E-state index in [0.717, 1.165) is 6.54 Å². The van der Waals surface area contributed by atoms with Crippen LogP contribution < -0.4 is 5.32 Å². The van der Waals surface area contributed by atoms with E-state index in [9.17, 15) is 4.79 Å². The van der Waals surface area contributed by atoms with Crippen LogP contribution >= 0.6 is 0 Å². The maximum atomic E-state index is 10.7. The lowest BCUT2D eigenvalue weighted by Crippen LogP contribution is -2.29. The van der Waals surface area contributed by atoms with Crippen molar-refractivity contribution in [1.82, 2.24) is 5.32 Å². The van der Waals surface area contributed by atoms with E-state index in [1.54, 1.807) is 0 Å². The minimum absolute atomic E-state index is 0.151. The molecule has 1 amide bonds. The van der Waals surface area contributed by atoms with Crippen LogP contribution in [0.15, 0.2) is 11.1 Å². The Balaban J connectivity index is 2.72. The molecule has 0 atom stereocenters. The molecular formula is C7H11NO. The highest BCUT2D eigenvalue weighted by atomic mass is 16.1. The number of amides is 1. The van der Waals surface area contributed by atoms with E-state index in [2.05, 4.69) is 12.2 Å². The monoisotopic (exact) mass is 125 g/mol. The maximum absolute atomic E-state index is 10.7. The minimum atomic E-state index is 0.151. The molecule has 1 heterocycles. The van der Waals surface area contributed by atoms with E-state index in [1.807, 2.05) is 6.92 Å². The number of hydrogen-bond acceptors (Lipinski definition) is 1. The molecule has 50 valence electrons. The zero-order valence-electron chi connectivity index (χ0n) is 5.82. The van der Waals surface area contributed by atoms with Gasteiger partial charge in [-0.2, -0.15) is 0 Å². The fraction of sp³-hybridized carbons (Fsp3) is 0.571. The molecule has 1 aliphatic heterocycles. The van der Waals surface area contributed by atoms with Crippen LogP contribution in [0.3, 0.4) is 0 Å². The molecular weight excluding hydrogens is 114 g/mol. The van der Waals surface area contributed by atoms with Crippen molar-refractivity contribution in [2.45, 2.75) is 20.3 Å². The van der Waals surface area contributed by atoms with E-state index >= 15 is 0 Å². The van der Waals surface area contributed by atoms with Gasteiger partial charge in [0, 0.05) is 13.0 Å². The SMILES string of the molecule is CC1=C(C)CC(=O)NC1. The number of nitrogens with one attached hydrogen (secondary N) is 1. The van der Waals surface area contributed by atoms with E-state index in [0.29, 0.717) is 6.42 Å². The highest BCUT2D eigenvalue weighted by Crippen LogP contribution is 2.10. The Kier molecular flexibility index (Phi) is 1.56. The van der Waals surface area contributed by atoms with Crippen molar-refractivity contribution in [1.29, 1.82) is 0 Å². The third kappa shape index (κ3) is 1.31. The molecule has 0 aromatic rings. The lowest BCUT2D eigenvalue weighted by atomic mass is 10.0. The van der Waals surface area contributed by atoms with E-state index in [1.165, 1.54) is 11.1 Å². The molecule has 0 spiro atoms. The summed E-state index contributed by atoms with van der Waals surface area (Å²) in [7, 11) is 0. The number of carbonyl (C=O) groups is 1. The summed E-state index contributed by atoms with van der Waals surface area (Å²) in [5.41, 5.74) is 2.52. The lowest BCUT2D eigenvalue weighted by Gasteiger charge is -2.14. The molecule has 0 aromatic carbocycles. The Hall–Kier alpha value is -0.790. The second-order valence-electron chi connectivity index (χ2n) is 2.51. The summed E-state index contributed by atoms with van der Waals surface area (Å²) in [4.78, 5) is 10.7. The lowest BCUT2D eigenvalue weighted by molar-refractivity contribution is -0.120. The summed E-state index contributed by atoms with van der Waals surface area (Å²) in [5.74, 6) is 0.151. The fourth-order valence-corrected chi connectivity index (χ4v) is 0.836. The quantitative estimate of drug-likeness (QED) is 0.477. The summed E-state index contributed by atoms with van der Waals surface area (Å²) in [6, 6.07) is 0. The largest absolute Gasteiger partial charge is 0.352 e. The Morgan fingerprint density at radius 1 is 1.33 bits per heavy atom. The van der Waals surface area contributed by atoms with Crippen LogP contribution in [0, 0.1) is 0 Å². The normalized spacial score (nSPS) is 20.0. The van der Waals surface area contributed by atoms with Gasteiger partial charge in [0.25, 0.3) is 0 Å². The summed E-state index contributed by atoms with van der Waals surface area (Å²) in [6.07, 6.45) is 0.589. The van der Waals surface area contributed by atoms with Gasteiger partial charge in [0.05, 0.1) is 0 Å². The molecule has 9 heavy (non-hydrogen) atoms. The van der Waals surface area contributed by atoms with Gasteiger partial charge in [0.1, 0.15) is 0 Å².